The SMILES string of the molecule is CCCn1c(CN2CCCC2)nc2cc(NC(=O)COc3ccccc3C)ccc21. The molecule has 0 spiro atoms. The van der Waals surface area contributed by atoms with Gasteiger partial charge in [-0.3, -0.25) is 9.69 Å². The van der Waals surface area contributed by atoms with Crippen LogP contribution in [-0.4, -0.2) is 40.1 Å². The van der Waals surface area contributed by atoms with Gasteiger partial charge in [-0.2, -0.15) is 0 Å². The Kier molecular flexibility index (Phi) is 6.33. The lowest BCUT2D eigenvalue weighted by atomic mass is 10.2. The number of carbonyl (C=O) groups is 1. The smallest absolute Gasteiger partial charge is 0.262 e. The van der Waals surface area contributed by atoms with E-state index in [9.17, 15) is 4.79 Å². The highest BCUT2D eigenvalue weighted by molar-refractivity contribution is 5.94. The summed E-state index contributed by atoms with van der Waals surface area (Å²) in [7, 11) is 0. The molecule has 1 aliphatic rings. The molecule has 1 fully saturated rings. The van der Waals surface area contributed by atoms with E-state index in [4.69, 9.17) is 9.72 Å². The maximum absolute atomic E-state index is 12.4. The number of nitrogens with zero attached hydrogens (tertiary/aromatic N) is 3. The Morgan fingerprint density at radius 2 is 1.97 bits per heavy atom. The normalized spacial score (nSPS) is 14.3. The Hall–Kier alpha value is -2.86. The third kappa shape index (κ3) is 4.65. The van der Waals surface area contributed by atoms with Crippen molar-refractivity contribution in [1.29, 1.82) is 0 Å². The zero-order chi connectivity index (χ0) is 20.9. The van der Waals surface area contributed by atoms with Crippen LogP contribution in [0.3, 0.4) is 0 Å². The lowest BCUT2D eigenvalue weighted by Gasteiger charge is -2.15. The van der Waals surface area contributed by atoms with Gasteiger partial charge in [-0.1, -0.05) is 25.1 Å². The van der Waals surface area contributed by atoms with Crippen LogP contribution in [0.5, 0.6) is 5.75 Å². The van der Waals surface area contributed by atoms with E-state index in [1.54, 1.807) is 0 Å². The molecule has 6 nitrogen and oxygen atoms in total. The fourth-order valence-corrected chi connectivity index (χ4v) is 4.05. The number of fused-ring (bicyclic) bond motifs is 1. The first-order valence-electron chi connectivity index (χ1n) is 10.8. The number of carbonyl (C=O) groups excluding carboxylic acids is 1. The molecule has 3 aromatic rings. The van der Waals surface area contributed by atoms with Crippen molar-refractivity contribution >= 4 is 22.6 Å². The summed E-state index contributed by atoms with van der Waals surface area (Å²) in [5.41, 5.74) is 3.81. The number of aromatic nitrogens is 2. The van der Waals surface area contributed by atoms with Crippen LogP contribution >= 0.6 is 0 Å². The van der Waals surface area contributed by atoms with Crippen LogP contribution < -0.4 is 10.1 Å². The Bertz CT molecular complexity index is 1020. The van der Waals surface area contributed by atoms with Gasteiger partial charge in [-0.05, 0) is 69.1 Å². The third-order valence-electron chi connectivity index (χ3n) is 5.57. The van der Waals surface area contributed by atoms with Crippen LogP contribution in [0.4, 0.5) is 5.69 Å². The summed E-state index contributed by atoms with van der Waals surface area (Å²) in [5, 5.41) is 2.93. The molecule has 0 atom stereocenters. The summed E-state index contributed by atoms with van der Waals surface area (Å²) in [6.07, 6.45) is 3.61. The van der Waals surface area contributed by atoms with E-state index in [1.165, 1.54) is 12.8 Å². The highest BCUT2D eigenvalue weighted by atomic mass is 16.5. The molecule has 2 heterocycles. The minimum absolute atomic E-state index is 0.0205. The maximum atomic E-state index is 12.4. The summed E-state index contributed by atoms with van der Waals surface area (Å²) in [6, 6.07) is 13.7. The Morgan fingerprint density at radius 1 is 1.17 bits per heavy atom. The molecule has 2 aromatic carbocycles. The molecule has 30 heavy (non-hydrogen) atoms. The van der Waals surface area contributed by atoms with Crippen molar-refractivity contribution in [3.63, 3.8) is 0 Å². The van der Waals surface area contributed by atoms with Crippen LogP contribution in [0, 0.1) is 6.92 Å². The highest BCUT2D eigenvalue weighted by Crippen LogP contribution is 2.23. The van der Waals surface area contributed by atoms with Gasteiger partial charge in [-0.15, -0.1) is 0 Å². The van der Waals surface area contributed by atoms with Crippen LogP contribution in [0.1, 0.15) is 37.6 Å². The van der Waals surface area contributed by atoms with Gasteiger partial charge in [0, 0.05) is 12.2 Å². The predicted molar refractivity (Wildman–Crippen MR) is 120 cm³/mol. The van der Waals surface area contributed by atoms with Crippen molar-refractivity contribution in [2.75, 3.05) is 25.0 Å². The van der Waals surface area contributed by atoms with Crippen LogP contribution in [0.15, 0.2) is 42.5 Å². The number of likely N-dealkylation sites (tertiary alicyclic amines) is 1. The third-order valence-corrected chi connectivity index (χ3v) is 5.57. The molecule has 158 valence electrons. The summed E-state index contributed by atoms with van der Waals surface area (Å²) in [4.78, 5) is 19.7. The van der Waals surface area contributed by atoms with Gasteiger partial charge in [0.15, 0.2) is 6.61 Å². The zero-order valence-corrected chi connectivity index (χ0v) is 17.9. The second-order valence-electron chi connectivity index (χ2n) is 7.97. The van der Waals surface area contributed by atoms with Crippen molar-refractivity contribution in [3.8, 4) is 5.75 Å². The lowest BCUT2D eigenvalue weighted by Crippen LogP contribution is -2.21. The Balaban J connectivity index is 1.46. The zero-order valence-electron chi connectivity index (χ0n) is 17.9. The lowest BCUT2D eigenvalue weighted by molar-refractivity contribution is -0.118. The fourth-order valence-electron chi connectivity index (χ4n) is 4.05. The number of benzene rings is 2. The summed E-state index contributed by atoms with van der Waals surface area (Å²) in [5.74, 6) is 1.66. The Morgan fingerprint density at radius 3 is 2.73 bits per heavy atom. The quantitative estimate of drug-likeness (QED) is 0.604. The van der Waals surface area contributed by atoms with E-state index in [0.717, 1.165) is 66.5 Å². The highest BCUT2D eigenvalue weighted by Gasteiger charge is 2.17. The van der Waals surface area contributed by atoms with E-state index >= 15 is 0 Å². The molecule has 1 aromatic heterocycles. The molecule has 1 saturated heterocycles. The van der Waals surface area contributed by atoms with Gasteiger partial charge in [0.1, 0.15) is 11.6 Å². The monoisotopic (exact) mass is 406 g/mol. The number of hydrogen-bond donors (Lipinski definition) is 1. The van der Waals surface area contributed by atoms with Crippen molar-refractivity contribution in [3.05, 3.63) is 53.9 Å². The number of rotatable bonds is 8. The van der Waals surface area contributed by atoms with Gasteiger partial charge in [0.05, 0.1) is 17.6 Å². The second-order valence-corrected chi connectivity index (χ2v) is 7.97. The number of imidazole rings is 1. The van der Waals surface area contributed by atoms with Crippen molar-refractivity contribution in [2.45, 2.75) is 46.2 Å². The molecule has 4 rings (SSSR count). The molecule has 0 unspecified atom stereocenters. The van der Waals surface area contributed by atoms with Gasteiger partial charge in [-0.25, -0.2) is 4.98 Å². The number of nitrogens with one attached hydrogen (secondary N) is 1. The van der Waals surface area contributed by atoms with Gasteiger partial charge >= 0.3 is 0 Å². The summed E-state index contributed by atoms with van der Waals surface area (Å²) >= 11 is 0. The van der Waals surface area contributed by atoms with E-state index in [2.05, 4.69) is 27.8 Å². The predicted octanol–water partition coefficient (Wildman–Crippen LogP) is 4.37. The molecule has 0 aliphatic carbocycles. The number of anilines is 1. The Labute approximate surface area is 177 Å². The fraction of sp³-hybridized carbons (Fsp3) is 0.417. The minimum Gasteiger partial charge on any atom is -0.483 e. The number of amides is 1. The van der Waals surface area contributed by atoms with Crippen LogP contribution in [0.25, 0.3) is 11.0 Å². The molecule has 0 saturated carbocycles. The van der Waals surface area contributed by atoms with Crippen molar-refractivity contribution in [2.24, 2.45) is 0 Å². The van der Waals surface area contributed by atoms with E-state index < -0.39 is 0 Å². The first-order valence-corrected chi connectivity index (χ1v) is 10.8. The number of aryl methyl sites for hydroxylation is 2. The molecule has 6 heteroatoms. The number of para-hydroxylation sites is 1. The van der Waals surface area contributed by atoms with E-state index in [0.29, 0.717) is 0 Å². The number of ether oxygens (including phenoxy) is 1. The minimum atomic E-state index is -0.178. The average Bonchev–Trinajstić information content (AvgIpc) is 3.36. The summed E-state index contributed by atoms with van der Waals surface area (Å²) < 4.78 is 7.97. The van der Waals surface area contributed by atoms with Gasteiger partial charge < -0.3 is 14.6 Å². The van der Waals surface area contributed by atoms with E-state index in [1.807, 2.05) is 43.3 Å². The molecule has 1 N–H and O–H groups in total. The molecule has 0 radical (unpaired) electrons. The first kappa shape index (κ1) is 20.4. The van der Waals surface area contributed by atoms with Gasteiger partial charge in [0.25, 0.3) is 5.91 Å². The average molecular weight is 407 g/mol. The van der Waals surface area contributed by atoms with Crippen molar-refractivity contribution in [1.82, 2.24) is 14.5 Å². The maximum Gasteiger partial charge on any atom is 0.262 e. The second kappa shape index (κ2) is 9.30. The van der Waals surface area contributed by atoms with Crippen LogP contribution in [-0.2, 0) is 17.9 Å². The van der Waals surface area contributed by atoms with E-state index in [-0.39, 0.29) is 12.5 Å². The molecular weight excluding hydrogens is 376 g/mol. The standard InChI is InChI=1S/C24H30N4O2/c1-3-12-28-21-11-10-19(15-20(21)26-23(28)16-27-13-6-7-14-27)25-24(29)17-30-22-9-5-4-8-18(22)2/h4-5,8-11,15H,3,6-7,12-14,16-17H2,1-2H3,(H,25,29). The first-order chi connectivity index (χ1) is 14.6. The largest absolute Gasteiger partial charge is 0.483 e. The molecular formula is C24H30N4O2. The summed E-state index contributed by atoms with van der Waals surface area (Å²) in [6.45, 7) is 8.28. The topological polar surface area (TPSA) is 59.4 Å². The van der Waals surface area contributed by atoms with Gasteiger partial charge in [0.2, 0.25) is 0 Å². The molecule has 1 amide bonds. The van der Waals surface area contributed by atoms with Crippen LogP contribution in [0.2, 0.25) is 0 Å². The number of hydrogen-bond acceptors (Lipinski definition) is 4. The molecule has 1 aliphatic heterocycles. The molecule has 0 bridgehead atoms. The van der Waals surface area contributed by atoms with Crippen molar-refractivity contribution < 1.29 is 9.53 Å².